The van der Waals surface area contributed by atoms with Crippen molar-refractivity contribution in [1.29, 1.82) is 0 Å². The molecular weight excluding hydrogens is 344 g/mol. The second-order valence-corrected chi connectivity index (χ2v) is 7.13. The van der Waals surface area contributed by atoms with Gasteiger partial charge in [0.25, 0.3) is 0 Å². The first-order chi connectivity index (χ1) is 12.0. The topological polar surface area (TPSA) is 77.9 Å². The van der Waals surface area contributed by atoms with E-state index in [0.29, 0.717) is 43.2 Å². The van der Waals surface area contributed by atoms with E-state index in [1.807, 2.05) is 6.07 Å². The summed E-state index contributed by atoms with van der Waals surface area (Å²) in [4.78, 5) is 39.2. The molecule has 0 saturated carbocycles. The summed E-state index contributed by atoms with van der Waals surface area (Å²) in [5, 5.41) is 9.37. The molecule has 0 radical (unpaired) electrons. The fourth-order valence-corrected chi connectivity index (χ4v) is 3.88. The van der Waals surface area contributed by atoms with Crippen LogP contribution in [-0.2, 0) is 14.4 Å². The number of hydrogen-bond acceptors (Lipinski definition) is 3. The van der Waals surface area contributed by atoms with Gasteiger partial charge in [0.05, 0.1) is 16.6 Å². The lowest BCUT2D eigenvalue weighted by atomic mass is 9.92. The van der Waals surface area contributed by atoms with Crippen LogP contribution < -0.4 is 4.90 Å². The second-order valence-electron chi connectivity index (χ2n) is 6.72. The molecule has 3 rings (SSSR count). The summed E-state index contributed by atoms with van der Waals surface area (Å²) >= 11 is 6.17. The number of benzene rings is 1. The number of hydrogen-bond donors (Lipinski definition) is 1. The van der Waals surface area contributed by atoms with E-state index in [1.54, 1.807) is 28.0 Å². The minimum absolute atomic E-state index is 0.0170. The molecule has 0 spiro atoms. The van der Waals surface area contributed by atoms with Gasteiger partial charge in [-0.05, 0) is 30.9 Å². The summed E-state index contributed by atoms with van der Waals surface area (Å²) in [7, 11) is 0. The largest absolute Gasteiger partial charge is 0.481 e. The number of halogens is 1. The average Bonchev–Trinajstić information content (AvgIpc) is 2.96. The van der Waals surface area contributed by atoms with Crippen molar-refractivity contribution in [1.82, 2.24) is 4.90 Å². The van der Waals surface area contributed by atoms with Crippen LogP contribution in [0.1, 0.15) is 25.7 Å². The first kappa shape index (κ1) is 17.7. The molecule has 7 heteroatoms. The predicted octanol–water partition coefficient (Wildman–Crippen LogP) is 2.41. The Kier molecular flexibility index (Phi) is 5.27. The zero-order valence-corrected chi connectivity index (χ0v) is 14.6. The van der Waals surface area contributed by atoms with Crippen LogP contribution in [0.5, 0.6) is 0 Å². The average molecular weight is 365 g/mol. The Morgan fingerprint density at radius 3 is 2.52 bits per heavy atom. The number of carboxylic acids is 1. The lowest BCUT2D eigenvalue weighted by Crippen LogP contribution is -2.42. The number of amides is 2. The number of carboxylic acid groups (broad SMARTS) is 1. The lowest BCUT2D eigenvalue weighted by Gasteiger charge is -2.33. The van der Waals surface area contributed by atoms with Gasteiger partial charge in [0.15, 0.2) is 0 Å². The third-order valence-electron chi connectivity index (χ3n) is 5.01. The SMILES string of the molecule is O=C(O)CC1CCN(C(=O)C2CC(=O)N(c3ccccc3Cl)C2)CC1. The Bertz CT molecular complexity index is 685. The number of rotatable bonds is 4. The molecule has 0 aromatic heterocycles. The van der Waals surface area contributed by atoms with Crippen LogP contribution in [0.25, 0.3) is 0 Å². The summed E-state index contributed by atoms with van der Waals surface area (Å²) in [5.74, 6) is -1.13. The first-order valence-corrected chi connectivity index (χ1v) is 8.89. The van der Waals surface area contributed by atoms with Crippen molar-refractivity contribution in [3.05, 3.63) is 29.3 Å². The Morgan fingerprint density at radius 1 is 1.20 bits per heavy atom. The smallest absolute Gasteiger partial charge is 0.303 e. The minimum Gasteiger partial charge on any atom is -0.481 e. The molecule has 1 unspecified atom stereocenters. The van der Waals surface area contributed by atoms with E-state index in [0.717, 1.165) is 0 Å². The summed E-state index contributed by atoms with van der Waals surface area (Å²) in [6.07, 6.45) is 1.75. The number of para-hydroxylation sites is 1. The van der Waals surface area contributed by atoms with Gasteiger partial charge in [0.2, 0.25) is 11.8 Å². The highest BCUT2D eigenvalue weighted by molar-refractivity contribution is 6.33. The summed E-state index contributed by atoms with van der Waals surface area (Å²) < 4.78 is 0. The molecule has 2 heterocycles. The van der Waals surface area contributed by atoms with Crippen molar-refractivity contribution in [3.63, 3.8) is 0 Å². The molecule has 25 heavy (non-hydrogen) atoms. The molecule has 1 aromatic rings. The number of carbonyl (C=O) groups is 3. The maximum atomic E-state index is 12.7. The molecule has 6 nitrogen and oxygen atoms in total. The van der Waals surface area contributed by atoms with Crippen LogP contribution in [0.3, 0.4) is 0 Å². The number of carbonyl (C=O) groups excluding carboxylic acids is 2. The number of anilines is 1. The molecule has 1 atom stereocenters. The van der Waals surface area contributed by atoms with E-state index < -0.39 is 5.97 Å². The molecular formula is C18H21ClN2O4. The molecule has 2 saturated heterocycles. The first-order valence-electron chi connectivity index (χ1n) is 8.51. The molecule has 134 valence electrons. The van der Waals surface area contributed by atoms with Gasteiger partial charge in [-0.1, -0.05) is 23.7 Å². The summed E-state index contributed by atoms with van der Waals surface area (Å²) in [5.41, 5.74) is 0.643. The van der Waals surface area contributed by atoms with Crippen LogP contribution in [0.15, 0.2) is 24.3 Å². The lowest BCUT2D eigenvalue weighted by molar-refractivity contribution is -0.139. The van der Waals surface area contributed by atoms with E-state index in [1.165, 1.54) is 0 Å². The Labute approximate surface area is 151 Å². The fraction of sp³-hybridized carbons (Fsp3) is 0.500. The van der Waals surface area contributed by atoms with Crippen LogP contribution in [-0.4, -0.2) is 47.4 Å². The maximum absolute atomic E-state index is 12.7. The van der Waals surface area contributed by atoms with Crippen LogP contribution in [0.2, 0.25) is 5.02 Å². The van der Waals surface area contributed by atoms with Gasteiger partial charge < -0.3 is 14.9 Å². The van der Waals surface area contributed by atoms with Crippen LogP contribution in [0, 0.1) is 11.8 Å². The van der Waals surface area contributed by atoms with Crippen molar-refractivity contribution >= 4 is 35.1 Å². The van der Waals surface area contributed by atoms with Gasteiger partial charge in [0.1, 0.15) is 0 Å². The maximum Gasteiger partial charge on any atom is 0.303 e. The molecule has 0 bridgehead atoms. The predicted molar refractivity (Wildman–Crippen MR) is 93.5 cm³/mol. The van der Waals surface area contributed by atoms with Crippen molar-refractivity contribution < 1.29 is 19.5 Å². The monoisotopic (exact) mass is 364 g/mol. The second kappa shape index (κ2) is 7.44. The highest BCUT2D eigenvalue weighted by Gasteiger charge is 2.38. The standard InChI is InChI=1S/C18H21ClN2O4/c19-14-3-1-2-4-15(14)21-11-13(10-16(21)22)18(25)20-7-5-12(6-8-20)9-17(23)24/h1-4,12-13H,5-11H2,(H,23,24). The molecule has 0 aliphatic carbocycles. The number of likely N-dealkylation sites (tertiary alicyclic amines) is 1. The Balaban J connectivity index is 1.60. The van der Waals surface area contributed by atoms with Gasteiger partial charge >= 0.3 is 5.97 Å². The van der Waals surface area contributed by atoms with Crippen molar-refractivity contribution in [2.24, 2.45) is 11.8 Å². The fourth-order valence-electron chi connectivity index (χ4n) is 3.64. The van der Waals surface area contributed by atoms with Crippen molar-refractivity contribution in [2.45, 2.75) is 25.7 Å². The molecule has 2 amide bonds. The van der Waals surface area contributed by atoms with Gasteiger partial charge in [-0.3, -0.25) is 14.4 Å². The van der Waals surface area contributed by atoms with E-state index in [4.69, 9.17) is 16.7 Å². The molecule has 1 N–H and O–H groups in total. The highest BCUT2D eigenvalue weighted by Crippen LogP contribution is 2.32. The number of aliphatic carboxylic acids is 1. The zero-order valence-electron chi connectivity index (χ0n) is 13.9. The quantitative estimate of drug-likeness (QED) is 0.889. The van der Waals surface area contributed by atoms with E-state index in [2.05, 4.69) is 0 Å². The van der Waals surface area contributed by atoms with Gasteiger partial charge in [0, 0.05) is 32.5 Å². The molecule has 2 aliphatic rings. The van der Waals surface area contributed by atoms with Crippen LogP contribution >= 0.6 is 11.6 Å². The molecule has 2 fully saturated rings. The van der Waals surface area contributed by atoms with E-state index in [9.17, 15) is 14.4 Å². The Morgan fingerprint density at radius 2 is 1.88 bits per heavy atom. The molecule has 1 aromatic carbocycles. The zero-order chi connectivity index (χ0) is 18.0. The van der Waals surface area contributed by atoms with Gasteiger partial charge in [-0.25, -0.2) is 0 Å². The number of nitrogens with zero attached hydrogens (tertiary/aromatic N) is 2. The number of piperidine rings is 1. The van der Waals surface area contributed by atoms with Crippen molar-refractivity contribution in [3.8, 4) is 0 Å². The third kappa shape index (κ3) is 3.95. The summed E-state index contributed by atoms with van der Waals surface area (Å²) in [6.45, 7) is 1.47. The van der Waals surface area contributed by atoms with Gasteiger partial charge in [-0.15, -0.1) is 0 Å². The minimum atomic E-state index is -0.790. The van der Waals surface area contributed by atoms with Crippen molar-refractivity contribution in [2.75, 3.05) is 24.5 Å². The summed E-state index contributed by atoms with van der Waals surface area (Å²) in [6, 6.07) is 7.13. The van der Waals surface area contributed by atoms with E-state index in [-0.39, 0.29) is 36.5 Å². The third-order valence-corrected chi connectivity index (χ3v) is 5.33. The van der Waals surface area contributed by atoms with Crippen LogP contribution in [0.4, 0.5) is 5.69 Å². The Hall–Kier alpha value is -2.08. The van der Waals surface area contributed by atoms with E-state index >= 15 is 0 Å². The normalized spacial score (nSPS) is 21.6. The van der Waals surface area contributed by atoms with Gasteiger partial charge in [-0.2, -0.15) is 0 Å². The highest BCUT2D eigenvalue weighted by atomic mass is 35.5. The molecule has 2 aliphatic heterocycles.